The molecule has 1 amide bonds. The van der Waals surface area contributed by atoms with Gasteiger partial charge in [-0.3, -0.25) is 9.69 Å². The van der Waals surface area contributed by atoms with Crippen LogP contribution in [0.1, 0.15) is 31.4 Å². The Morgan fingerprint density at radius 1 is 1.19 bits per heavy atom. The molecule has 2 unspecified atom stereocenters. The molecule has 0 radical (unpaired) electrons. The zero-order valence-electron chi connectivity index (χ0n) is 12.8. The molecule has 4 heteroatoms. The van der Waals surface area contributed by atoms with Gasteiger partial charge in [0, 0.05) is 32.2 Å². The highest BCUT2D eigenvalue weighted by atomic mass is 16.2. The van der Waals surface area contributed by atoms with E-state index in [1.807, 2.05) is 11.0 Å². The Labute approximate surface area is 127 Å². The zero-order valence-corrected chi connectivity index (χ0v) is 12.8. The van der Waals surface area contributed by atoms with Gasteiger partial charge in [0.2, 0.25) is 5.91 Å². The summed E-state index contributed by atoms with van der Waals surface area (Å²) < 4.78 is 0. The lowest BCUT2D eigenvalue weighted by Crippen LogP contribution is -2.52. The van der Waals surface area contributed by atoms with Gasteiger partial charge in [-0.05, 0) is 31.9 Å². The molecular formula is C17H25N3O. The molecule has 0 aliphatic carbocycles. The lowest BCUT2D eigenvalue weighted by Gasteiger charge is -2.35. The Balaban J connectivity index is 1.71. The topological polar surface area (TPSA) is 35.6 Å². The van der Waals surface area contributed by atoms with Gasteiger partial charge in [0.25, 0.3) is 0 Å². The molecule has 2 fully saturated rings. The summed E-state index contributed by atoms with van der Waals surface area (Å²) in [7, 11) is 0. The van der Waals surface area contributed by atoms with Gasteiger partial charge in [0.1, 0.15) is 0 Å². The van der Waals surface area contributed by atoms with Crippen molar-refractivity contribution in [2.45, 2.75) is 31.8 Å². The highest BCUT2D eigenvalue weighted by Gasteiger charge is 2.36. The molecule has 2 atom stereocenters. The summed E-state index contributed by atoms with van der Waals surface area (Å²) in [4.78, 5) is 17.2. The second kappa shape index (κ2) is 6.58. The number of hydrogen-bond acceptors (Lipinski definition) is 3. The average molecular weight is 287 g/mol. The van der Waals surface area contributed by atoms with Gasteiger partial charge in [-0.15, -0.1) is 0 Å². The third-order valence-electron chi connectivity index (χ3n) is 4.79. The summed E-state index contributed by atoms with van der Waals surface area (Å²) >= 11 is 0. The highest BCUT2D eigenvalue weighted by molar-refractivity contribution is 5.82. The summed E-state index contributed by atoms with van der Waals surface area (Å²) in [5.41, 5.74) is 1.30. The van der Waals surface area contributed by atoms with Crippen molar-refractivity contribution in [3.8, 4) is 0 Å². The summed E-state index contributed by atoms with van der Waals surface area (Å²) in [6.07, 6.45) is 2.12. The molecule has 0 aromatic heterocycles. The van der Waals surface area contributed by atoms with Gasteiger partial charge in [-0.1, -0.05) is 30.3 Å². The van der Waals surface area contributed by atoms with E-state index in [1.54, 1.807) is 0 Å². The number of nitrogens with one attached hydrogen (secondary N) is 1. The van der Waals surface area contributed by atoms with Crippen LogP contribution in [0.15, 0.2) is 30.3 Å². The Morgan fingerprint density at radius 3 is 2.62 bits per heavy atom. The number of hydrogen-bond donors (Lipinski definition) is 1. The molecule has 21 heavy (non-hydrogen) atoms. The number of carbonyl (C=O) groups is 1. The maximum atomic E-state index is 12.8. The molecule has 3 rings (SSSR count). The van der Waals surface area contributed by atoms with E-state index in [4.69, 9.17) is 0 Å². The third-order valence-corrected chi connectivity index (χ3v) is 4.79. The lowest BCUT2D eigenvalue weighted by atomic mass is 10.1. The van der Waals surface area contributed by atoms with Crippen LogP contribution < -0.4 is 5.32 Å². The molecule has 1 N–H and O–H groups in total. The molecule has 0 spiro atoms. The quantitative estimate of drug-likeness (QED) is 0.918. The largest absolute Gasteiger partial charge is 0.339 e. The van der Waals surface area contributed by atoms with Crippen LogP contribution >= 0.6 is 0 Å². The molecule has 2 aliphatic heterocycles. The van der Waals surface area contributed by atoms with Crippen molar-refractivity contribution >= 4 is 5.91 Å². The normalized spacial score (nSPS) is 25.0. The second-order valence-corrected chi connectivity index (χ2v) is 6.06. The fourth-order valence-electron chi connectivity index (χ4n) is 3.54. The summed E-state index contributed by atoms with van der Waals surface area (Å²) in [5, 5.41) is 3.31. The minimum atomic E-state index is 0.0679. The number of likely N-dealkylation sites (tertiary alicyclic amines) is 1. The molecule has 4 nitrogen and oxygen atoms in total. The highest BCUT2D eigenvalue weighted by Crippen LogP contribution is 2.30. The van der Waals surface area contributed by atoms with Crippen molar-refractivity contribution in [2.75, 3.05) is 32.7 Å². The number of nitrogens with zero attached hydrogens (tertiary/aromatic N) is 2. The van der Waals surface area contributed by atoms with E-state index in [0.29, 0.717) is 11.9 Å². The molecule has 2 aliphatic rings. The maximum absolute atomic E-state index is 12.8. The van der Waals surface area contributed by atoms with Crippen molar-refractivity contribution in [3.63, 3.8) is 0 Å². The van der Waals surface area contributed by atoms with E-state index in [2.05, 4.69) is 41.4 Å². The molecule has 1 aromatic carbocycles. The number of rotatable bonds is 3. The molecule has 1 aromatic rings. The summed E-state index contributed by atoms with van der Waals surface area (Å²) in [6, 6.07) is 10.9. The van der Waals surface area contributed by atoms with Gasteiger partial charge < -0.3 is 10.2 Å². The number of amides is 1. The smallest absolute Gasteiger partial charge is 0.240 e. The third kappa shape index (κ3) is 3.11. The molecule has 0 bridgehead atoms. The summed E-state index contributed by atoms with van der Waals surface area (Å²) in [5.74, 6) is 0.330. The number of carbonyl (C=O) groups excluding carboxylic acids is 1. The Morgan fingerprint density at radius 2 is 1.90 bits per heavy atom. The van der Waals surface area contributed by atoms with Crippen LogP contribution in [-0.4, -0.2) is 54.5 Å². The van der Waals surface area contributed by atoms with E-state index in [0.717, 1.165) is 45.6 Å². The van der Waals surface area contributed by atoms with Crippen molar-refractivity contribution in [2.24, 2.45) is 0 Å². The van der Waals surface area contributed by atoms with Crippen molar-refractivity contribution in [1.29, 1.82) is 0 Å². The van der Waals surface area contributed by atoms with E-state index in [9.17, 15) is 4.79 Å². The van der Waals surface area contributed by atoms with Crippen molar-refractivity contribution in [3.05, 3.63) is 35.9 Å². The van der Waals surface area contributed by atoms with Crippen LogP contribution in [0.5, 0.6) is 0 Å². The Bertz CT molecular complexity index is 470. The maximum Gasteiger partial charge on any atom is 0.240 e. The predicted molar refractivity (Wildman–Crippen MR) is 84.0 cm³/mol. The fourth-order valence-corrected chi connectivity index (χ4v) is 3.54. The monoisotopic (exact) mass is 287 g/mol. The molecule has 2 heterocycles. The second-order valence-electron chi connectivity index (χ2n) is 6.06. The standard InChI is InChI=1S/C17H25N3O/c1-14(15-6-3-2-4-7-15)20-11-5-8-16(20)17(21)19-12-9-18-10-13-19/h2-4,6-7,14,16,18H,5,8-13H2,1H3. The van der Waals surface area contributed by atoms with Crippen LogP contribution in [0, 0.1) is 0 Å². The number of piperazine rings is 1. The summed E-state index contributed by atoms with van der Waals surface area (Å²) in [6.45, 7) is 6.79. The van der Waals surface area contributed by atoms with Crippen molar-refractivity contribution in [1.82, 2.24) is 15.1 Å². The van der Waals surface area contributed by atoms with E-state index < -0.39 is 0 Å². The lowest BCUT2D eigenvalue weighted by molar-refractivity contribution is -0.137. The first-order valence-corrected chi connectivity index (χ1v) is 8.07. The first kappa shape index (κ1) is 14.5. The van der Waals surface area contributed by atoms with E-state index in [1.165, 1.54) is 5.56 Å². The van der Waals surface area contributed by atoms with Crippen LogP contribution in [0.2, 0.25) is 0 Å². The van der Waals surface area contributed by atoms with Crippen LogP contribution in [-0.2, 0) is 4.79 Å². The molecule has 0 saturated carbocycles. The van der Waals surface area contributed by atoms with Gasteiger partial charge in [0.05, 0.1) is 6.04 Å². The molecule has 114 valence electrons. The Hall–Kier alpha value is -1.39. The van der Waals surface area contributed by atoms with Gasteiger partial charge in [-0.2, -0.15) is 0 Å². The first-order valence-electron chi connectivity index (χ1n) is 8.07. The Kier molecular flexibility index (Phi) is 4.56. The van der Waals surface area contributed by atoms with Gasteiger partial charge in [-0.25, -0.2) is 0 Å². The number of benzene rings is 1. The predicted octanol–water partition coefficient (Wildman–Crippen LogP) is 1.64. The van der Waals surface area contributed by atoms with Crippen LogP contribution in [0.4, 0.5) is 0 Å². The van der Waals surface area contributed by atoms with Gasteiger partial charge in [0.15, 0.2) is 0 Å². The van der Waals surface area contributed by atoms with Crippen molar-refractivity contribution < 1.29 is 4.79 Å². The minimum Gasteiger partial charge on any atom is -0.339 e. The SMILES string of the molecule is CC(c1ccccc1)N1CCCC1C(=O)N1CCNCC1. The van der Waals surface area contributed by atoms with E-state index in [-0.39, 0.29) is 6.04 Å². The molecular weight excluding hydrogens is 262 g/mol. The fraction of sp³-hybridized carbons (Fsp3) is 0.588. The minimum absolute atomic E-state index is 0.0679. The van der Waals surface area contributed by atoms with Crippen LogP contribution in [0.3, 0.4) is 0 Å². The zero-order chi connectivity index (χ0) is 14.7. The van der Waals surface area contributed by atoms with E-state index >= 15 is 0 Å². The average Bonchev–Trinajstić information content (AvgIpc) is 3.04. The molecule has 2 saturated heterocycles. The van der Waals surface area contributed by atoms with Gasteiger partial charge >= 0.3 is 0 Å². The van der Waals surface area contributed by atoms with Crippen LogP contribution in [0.25, 0.3) is 0 Å². The first-order chi connectivity index (χ1) is 10.3.